The minimum Gasteiger partial charge on any atom is -0.327 e. The van der Waals surface area contributed by atoms with E-state index in [1.165, 1.54) is 10.0 Å². The molecule has 1 saturated carbocycles. The lowest BCUT2D eigenvalue weighted by Crippen LogP contribution is -2.54. The molecule has 2 N–H and O–H groups in total. The summed E-state index contributed by atoms with van der Waals surface area (Å²) < 4.78 is 1.17. The van der Waals surface area contributed by atoms with E-state index in [4.69, 9.17) is 5.73 Å². The van der Waals surface area contributed by atoms with Crippen molar-refractivity contribution in [3.05, 3.63) is 34.3 Å². The van der Waals surface area contributed by atoms with Crippen molar-refractivity contribution < 1.29 is 0 Å². The molecule has 1 fully saturated rings. The highest BCUT2D eigenvalue weighted by Gasteiger charge is 2.48. The Labute approximate surface area is 100 Å². The van der Waals surface area contributed by atoms with Gasteiger partial charge in [-0.25, -0.2) is 0 Å². The second-order valence-corrected chi connectivity index (χ2v) is 5.72. The van der Waals surface area contributed by atoms with Gasteiger partial charge in [-0.3, -0.25) is 0 Å². The first-order valence-electron chi connectivity index (χ1n) is 5.59. The van der Waals surface area contributed by atoms with E-state index in [1.807, 2.05) is 0 Å². The van der Waals surface area contributed by atoms with Gasteiger partial charge >= 0.3 is 0 Å². The number of rotatable bonds is 2. The molecule has 0 saturated heterocycles. The van der Waals surface area contributed by atoms with Crippen LogP contribution < -0.4 is 5.73 Å². The highest BCUT2D eigenvalue weighted by molar-refractivity contribution is 9.10. The lowest BCUT2D eigenvalue weighted by atomic mass is 9.54. The van der Waals surface area contributed by atoms with E-state index >= 15 is 0 Å². The van der Waals surface area contributed by atoms with Crippen LogP contribution in [0.2, 0.25) is 0 Å². The average Bonchev–Trinajstić information content (AvgIpc) is 2.24. The highest BCUT2D eigenvalue weighted by atomic mass is 79.9. The fourth-order valence-electron chi connectivity index (χ4n) is 2.64. The second-order valence-electron chi connectivity index (χ2n) is 4.81. The Balaban J connectivity index is 2.26. The van der Waals surface area contributed by atoms with Gasteiger partial charge < -0.3 is 5.73 Å². The van der Waals surface area contributed by atoms with Gasteiger partial charge in [0.2, 0.25) is 0 Å². The third kappa shape index (κ3) is 1.74. The van der Waals surface area contributed by atoms with Gasteiger partial charge in [0.1, 0.15) is 0 Å². The monoisotopic (exact) mass is 267 g/mol. The van der Waals surface area contributed by atoms with Crippen LogP contribution in [0.5, 0.6) is 0 Å². The first-order chi connectivity index (χ1) is 7.08. The van der Waals surface area contributed by atoms with Crippen molar-refractivity contribution >= 4 is 15.9 Å². The van der Waals surface area contributed by atoms with E-state index in [0.29, 0.717) is 17.4 Å². The fourth-order valence-corrected chi connectivity index (χ4v) is 3.06. The van der Waals surface area contributed by atoms with E-state index in [0.717, 1.165) is 12.8 Å². The van der Waals surface area contributed by atoms with E-state index in [9.17, 15) is 0 Å². The molecule has 0 aliphatic heterocycles. The average molecular weight is 268 g/mol. The molecule has 0 aromatic heterocycles. The zero-order chi connectivity index (χ0) is 11.1. The largest absolute Gasteiger partial charge is 0.327 e. The Morgan fingerprint density at radius 3 is 2.80 bits per heavy atom. The summed E-state index contributed by atoms with van der Waals surface area (Å²) in [4.78, 5) is 0. The zero-order valence-corrected chi connectivity index (χ0v) is 10.9. The number of hydrogen-bond acceptors (Lipinski definition) is 1. The Kier molecular flexibility index (Phi) is 2.91. The summed E-state index contributed by atoms with van der Waals surface area (Å²) in [5, 5.41) is 0. The zero-order valence-electron chi connectivity index (χ0n) is 9.33. The Morgan fingerprint density at radius 1 is 1.53 bits per heavy atom. The molecule has 3 atom stereocenters. The summed E-state index contributed by atoms with van der Waals surface area (Å²) in [7, 11) is 0. The number of halogens is 1. The molecular weight excluding hydrogens is 250 g/mol. The maximum Gasteiger partial charge on any atom is 0.0178 e. The van der Waals surface area contributed by atoms with Crippen molar-refractivity contribution in [2.75, 3.05) is 0 Å². The lowest BCUT2D eigenvalue weighted by molar-refractivity contribution is 0.0706. The van der Waals surface area contributed by atoms with Gasteiger partial charge in [-0.15, -0.1) is 0 Å². The van der Waals surface area contributed by atoms with E-state index < -0.39 is 0 Å². The van der Waals surface area contributed by atoms with E-state index in [2.05, 4.69) is 54.0 Å². The van der Waals surface area contributed by atoms with Crippen molar-refractivity contribution in [1.29, 1.82) is 0 Å². The third-order valence-corrected chi connectivity index (χ3v) is 4.64. The van der Waals surface area contributed by atoms with E-state index in [-0.39, 0.29) is 0 Å². The van der Waals surface area contributed by atoms with Gasteiger partial charge in [0.25, 0.3) is 0 Å². The molecule has 0 radical (unpaired) electrons. The summed E-state index contributed by atoms with van der Waals surface area (Å²) in [6, 6.07) is 9.00. The molecule has 2 rings (SSSR count). The summed E-state index contributed by atoms with van der Waals surface area (Å²) in [5.41, 5.74) is 7.84. The maximum atomic E-state index is 6.12. The standard InChI is InChI=1S/C13H18BrN/c1-3-13(2)11(8-12(13)15)9-5-4-6-10(14)7-9/h4-7,11-12H,3,8,15H2,1-2H3. The topological polar surface area (TPSA) is 26.0 Å². The molecule has 0 bridgehead atoms. The van der Waals surface area contributed by atoms with Gasteiger partial charge in [-0.05, 0) is 41.9 Å². The minimum atomic E-state index is 0.292. The van der Waals surface area contributed by atoms with Gasteiger partial charge in [-0.1, -0.05) is 41.9 Å². The molecule has 15 heavy (non-hydrogen) atoms. The first kappa shape index (κ1) is 11.2. The molecule has 0 amide bonds. The van der Waals surface area contributed by atoms with Crippen molar-refractivity contribution in [3.8, 4) is 0 Å². The van der Waals surface area contributed by atoms with Crippen LogP contribution in [0.15, 0.2) is 28.7 Å². The number of benzene rings is 1. The molecule has 1 aromatic carbocycles. The minimum absolute atomic E-state index is 0.292. The molecule has 1 nitrogen and oxygen atoms in total. The van der Waals surface area contributed by atoms with E-state index in [1.54, 1.807) is 0 Å². The molecule has 1 aliphatic carbocycles. The van der Waals surface area contributed by atoms with Gasteiger partial charge in [0.05, 0.1) is 0 Å². The van der Waals surface area contributed by atoms with Crippen molar-refractivity contribution in [1.82, 2.24) is 0 Å². The smallest absolute Gasteiger partial charge is 0.0178 e. The van der Waals surface area contributed by atoms with Gasteiger partial charge in [0.15, 0.2) is 0 Å². The Bertz CT molecular complexity index is 363. The predicted octanol–water partition coefficient (Wildman–Crippen LogP) is 3.68. The highest BCUT2D eigenvalue weighted by Crippen LogP contribution is 2.54. The number of hydrogen-bond donors (Lipinski definition) is 1. The van der Waals surface area contributed by atoms with Crippen molar-refractivity contribution in [2.45, 2.75) is 38.6 Å². The summed E-state index contributed by atoms with van der Waals surface area (Å²) >= 11 is 3.53. The normalized spacial score (nSPS) is 34.9. The van der Waals surface area contributed by atoms with Crippen LogP contribution in [0.25, 0.3) is 0 Å². The van der Waals surface area contributed by atoms with Crippen LogP contribution >= 0.6 is 15.9 Å². The molecule has 1 aromatic rings. The van der Waals surface area contributed by atoms with Crippen LogP contribution in [0.3, 0.4) is 0 Å². The number of nitrogens with two attached hydrogens (primary N) is 1. The second kappa shape index (κ2) is 3.91. The molecule has 2 heteroatoms. The van der Waals surface area contributed by atoms with Crippen LogP contribution in [-0.4, -0.2) is 6.04 Å². The van der Waals surface area contributed by atoms with Crippen LogP contribution in [0.1, 0.15) is 38.2 Å². The van der Waals surface area contributed by atoms with Crippen molar-refractivity contribution in [3.63, 3.8) is 0 Å². The Morgan fingerprint density at radius 2 is 2.27 bits per heavy atom. The third-order valence-electron chi connectivity index (χ3n) is 4.15. The fraction of sp³-hybridized carbons (Fsp3) is 0.538. The maximum absolute atomic E-state index is 6.12. The quantitative estimate of drug-likeness (QED) is 0.870. The summed E-state index contributed by atoms with van der Waals surface area (Å²) in [6.07, 6.45) is 2.28. The molecule has 3 unspecified atom stereocenters. The van der Waals surface area contributed by atoms with Crippen LogP contribution in [0.4, 0.5) is 0 Å². The molecule has 1 aliphatic rings. The summed E-state index contributed by atoms with van der Waals surface area (Å²) in [5.74, 6) is 0.634. The van der Waals surface area contributed by atoms with Gasteiger partial charge in [0, 0.05) is 10.5 Å². The molecule has 0 spiro atoms. The van der Waals surface area contributed by atoms with Crippen LogP contribution in [0, 0.1) is 5.41 Å². The first-order valence-corrected chi connectivity index (χ1v) is 6.38. The van der Waals surface area contributed by atoms with Gasteiger partial charge in [-0.2, -0.15) is 0 Å². The van der Waals surface area contributed by atoms with Crippen molar-refractivity contribution in [2.24, 2.45) is 11.1 Å². The summed E-state index contributed by atoms with van der Waals surface area (Å²) in [6.45, 7) is 4.55. The molecule has 82 valence electrons. The molecule has 0 heterocycles. The van der Waals surface area contributed by atoms with Crippen LogP contribution in [-0.2, 0) is 0 Å². The predicted molar refractivity (Wildman–Crippen MR) is 67.9 cm³/mol. The SMILES string of the molecule is CCC1(C)C(N)CC1c1cccc(Br)c1. The lowest BCUT2D eigenvalue weighted by Gasteiger charge is -2.53. The Hall–Kier alpha value is -0.340. The molecular formula is C13H18BrN.